The maximum atomic E-state index is 5.32. The van der Waals surface area contributed by atoms with Crippen molar-refractivity contribution in [2.75, 3.05) is 0 Å². The molecule has 0 saturated carbocycles. The van der Waals surface area contributed by atoms with E-state index in [0.717, 1.165) is 39.2 Å². The van der Waals surface area contributed by atoms with Crippen molar-refractivity contribution in [3.63, 3.8) is 0 Å². The molecule has 0 amide bonds. The minimum absolute atomic E-state index is 0.0300. The first-order chi connectivity index (χ1) is 26.2. The van der Waals surface area contributed by atoms with Gasteiger partial charge < -0.3 is 0 Å². The lowest BCUT2D eigenvalue weighted by atomic mass is 9.75. The molecule has 0 fully saturated rings. The van der Waals surface area contributed by atoms with E-state index in [-0.39, 0.29) is 5.92 Å². The topological polar surface area (TPSA) is 25.8 Å². The number of benzene rings is 8. The molecule has 0 bridgehead atoms. The van der Waals surface area contributed by atoms with E-state index in [1.807, 2.05) is 0 Å². The minimum atomic E-state index is -0.0300. The van der Waals surface area contributed by atoms with Crippen LogP contribution in [0, 0.1) is 0 Å². The maximum Gasteiger partial charge on any atom is 0.160 e. The SMILES string of the molecule is C=C1c2ccc3ccccc3c2C(c2ccccc2)=CC1c1cccc(-c2nc(-c3cccc4ccccc34)cc(-c3cccc4ccccc34)n2)c1. The van der Waals surface area contributed by atoms with Crippen LogP contribution in [-0.2, 0) is 0 Å². The number of hydrogen-bond donors (Lipinski definition) is 0. The van der Waals surface area contributed by atoms with Crippen LogP contribution in [0.15, 0.2) is 195 Å². The number of aromatic nitrogens is 2. The van der Waals surface area contributed by atoms with E-state index in [0.29, 0.717) is 5.82 Å². The predicted molar refractivity (Wildman–Crippen MR) is 223 cm³/mol. The standard InChI is InChI=1S/C51H34N2/c1-33-40-29-28-37-18-7-10-25-43(37)50(40)47(36-14-3-2-4-15-36)31-46(33)38-21-11-22-39(30-38)51-52-48(44-26-12-19-34-16-5-8-23-41(34)44)32-49(53-51)45-27-13-20-35-17-6-9-24-42(35)45/h2-32,46H,1H2. The monoisotopic (exact) mass is 674 g/mol. The fourth-order valence-electron chi connectivity index (χ4n) is 8.12. The molecule has 9 aromatic rings. The maximum absolute atomic E-state index is 5.32. The van der Waals surface area contributed by atoms with Crippen LogP contribution in [0.5, 0.6) is 0 Å². The Morgan fingerprint density at radius 1 is 0.415 bits per heavy atom. The lowest BCUT2D eigenvalue weighted by Gasteiger charge is -2.29. The highest BCUT2D eigenvalue weighted by molar-refractivity contribution is 6.05. The van der Waals surface area contributed by atoms with E-state index < -0.39 is 0 Å². The van der Waals surface area contributed by atoms with E-state index in [1.165, 1.54) is 54.6 Å². The second-order valence-corrected chi connectivity index (χ2v) is 13.8. The molecular formula is C51H34N2. The number of allylic oxidation sites excluding steroid dienone is 2. The highest BCUT2D eigenvalue weighted by Crippen LogP contribution is 2.47. The lowest BCUT2D eigenvalue weighted by Crippen LogP contribution is -2.09. The fourth-order valence-corrected chi connectivity index (χ4v) is 8.12. The van der Waals surface area contributed by atoms with Crippen molar-refractivity contribution >= 4 is 43.5 Å². The molecule has 10 rings (SSSR count). The van der Waals surface area contributed by atoms with Crippen LogP contribution in [0.25, 0.3) is 77.4 Å². The van der Waals surface area contributed by atoms with Gasteiger partial charge in [-0.05, 0) is 77.9 Å². The van der Waals surface area contributed by atoms with Crippen LogP contribution in [0.3, 0.4) is 0 Å². The van der Waals surface area contributed by atoms with E-state index in [1.54, 1.807) is 0 Å². The van der Waals surface area contributed by atoms with Crippen LogP contribution >= 0.6 is 0 Å². The van der Waals surface area contributed by atoms with Gasteiger partial charge in [0.15, 0.2) is 5.82 Å². The van der Waals surface area contributed by atoms with E-state index in [4.69, 9.17) is 16.5 Å². The summed E-state index contributed by atoms with van der Waals surface area (Å²) in [4.78, 5) is 10.6. The second-order valence-electron chi connectivity index (χ2n) is 13.8. The molecule has 53 heavy (non-hydrogen) atoms. The molecule has 1 atom stereocenters. The van der Waals surface area contributed by atoms with E-state index in [9.17, 15) is 0 Å². The molecule has 2 nitrogen and oxygen atoms in total. The first-order valence-corrected chi connectivity index (χ1v) is 18.1. The third kappa shape index (κ3) is 5.35. The van der Waals surface area contributed by atoms with Crippen LogP contribution in [0.2, 0.25) is 0 Å². The average molecular weight is 675 g/mol. The van der Waals surface area contributed by atoms with E-state index >= 15 is 0 Å². The van der Waals surface area contributed by atoms with Crippen molar-refractivity contribution in [3.8, 4) is 33.9 Å². The summed E-state index contributed by atoms with van der Waals surface area (Å²) in [5.41, 5.74) is 12.0. The Hall–Kier alpha value is -6.90. The summed E-state index contributed by atoms with van der Waals surface area (Å²) in [6, 6.07) is 64.7. The van der Waals surface area contributed by atoms with Crippen LogP contribution in [-0.4, -0.2) is 9.97 Å². The van der Waals surface area contributed by atoms with Crippen molar-refractivity contribution in [1.82, 2.24) is 9.97 Å². The number of hydrogen-bond acceptors (Lipinski definition) is 2. The molecular weight excluding hydrogens is 641 g/mol. The minimum Gasteiger partial charge on any atom is -0.228 e. The number of fused-ring (bicyclic) bond motifs is 5. The first kappa shape index (κ1) is 30.9. The summed E-state index contributed by atoms with van der Waals surface area (Å²) in [6.07, 6.45) is 2.40. The molecule has 1 unspecified atom stereocenters. The first-order valence-electron chi connectivity index (χ1n) is 18.1. The summed E-state index contributed by atoms with van der Waals surface area (Å²) in [5, 5.41) is 7.17. The Kier molecular flexibility index (Phi) is 7.40. The van der Waals surface area contributed by atoms with Crippen molar-refractivity contribution in [1.29, 1.82) is 0 Å². The van der Waals surface area contributed by atoms with Crippen molar-refractivity contribution in [2.45, 2.75) is 5.92 Å². The van der Waals surface area contributed by atoms with Gasteiger partial charge in [0.2, 0.25) is 0 Å². The molecule has 248 valence electrons. The summed E-state index contributed by atoms with van der Waals surface area (Å²) >= 11 is 0. The van der Waals surface area contributed by atoms with Gasteiger partial charge >= 0.3 is 0 Å². The van der Waals surface area contributed by atoms with Crippen molar-refractivity contribution in [2.24, 2.45) is 0 Å². The molecule has 1 aliphatic carbocycles. The summed E-state index contributed by atoms with van der Waals surface area (Å²) in [7, 11) is 0. The Balaban J connectivity index is 1.16. The Morgan fingerprint density at radius 2 is 0.943 bits per heavy atom. The normalized spacial score (nSPS) is 14.0. The fraction of sp³-hybridized carbons (Fsp3) is 0.0196. The molecule has 8 aromatic carbocycles. The number of rotatable bonds is 5. The van der Waals surface area contributed by atoms with Gasteiger partial charge in [-0.15, -0.1) is 0 Å². The van der Waals surface area contributed by atoms with Crippen LogP contribution in [0.1, 0.15) is 28.2 Å². The molecule has 0 aliphatic heterocycles. The van der Waals surface area contributed by atoms with Gasteiger partial charge in [-0.25, -0.2) is 9.97 Å². The average Bonchev–Trinajstić information content (AvgIpc) is 3.23. The van der Waals surface area contributed by atoms with Gasteiger partial charge in [0, 0.05) is 22.6 Å². The zero-order valence-corrected chi connectivity index (χ0v) is 29.1. The third-order valence-electron chi connectivity index (χ3n) is 10.7. The molecule has 1 aromatic heterocycles. The van der Waals surface area contributed by atoms with Gasteiger partial charge in [0.1, 0.15) is 0 Å². The van der Waals surface area contributed by atoms with Gasteiger partial charge in [-0.2, -0.15) is 0 Å². The van der Waals surface area contributed by atoms with Crippen molar-refractivity contribution < 1.29 is 0 Å². The van der Waals surface area contributed by atoms with Gasteiger partial charge in [-0.3, -0.25) is 0 Å². The van der Waals surface area contributed by atoms with E-state index in [2.05, 4.69) is 188 Å². The summed E-state index contributed by atoms with van der Waals surface area (Å²) in [6.45, 7) is 4.74. The summed E-state index contributed by atoms with van der Waals surface area (Å²) in [5.74, 6) is 0.665. The predicted octanol–water partition coefficient (Wildman–Crippen LogP) is 13.2. The highest BCUT2D eigenvalue weighted by Gasteiger charge is 2.27. The summed E-state index contributed by atoms with van der Waals surface area (Å²) < 4.78 is 0. The molecule has 0 N–H and O–H groups in total. The zero-order valence-electron chi connectivity index (χ0n) is 29.1. The lowest BCUT2D eigenvalue weighted by molar-refractivity contribution is 1.09. The molecule has 0 spiro atoms. The zero-order chi connectivity index (χ0) is 35.3. The molecule has 2 heteroatoms. The highest BCUT2D eigenvalue weighted by atomic mass is 14.9. The van der Waals surface area contributed by atoms with Crippen LogP contribution in [0.4, 0.5) is 0 Å². The van der Waals surface area contributed by atoms with Crippen LogP contribution < -0.4 is 0 Å². The van der Waals surface area contributed by atoms with Crippen molar-refractivity contribution in [3.05, 3.63) is 217 Å². The molecule has 1 heterocycles. The van der Waals surface area contributed by atoms with Gasteiger partial charge in [-0.1, -0.05) is 183 Å². The molecule has 0 saturated heterocycles. The molecule has 1 aliphatic rings. The molecule has 0 radical (unpaired) electrons. The smallest absolute Gasteiger partial charge is 0.160 e. The quantitative estimate of drug-likeness (QED) is 0.182. The Labute approximate surface area is 309 Å². The largest absolute Gasteiger partial charge is 0.228 e. The Bertz CT molecular complexity index is 2810. The van der Waals surface area contributed by atoms with Gasteiger partial charge in [0.05, 0.1) is 11.4 Å². The number of nitrogens with zero attached hydrogens (tertiary/aromatic N) is 2. The Morgan fingerprint density at radius 3 is 1.60 bits per heavy atom. The van der Waals surface area contributed by atoms with Gasteiger partial charge in [0.25, 0.3) is 0 Å². The second kappa shape index (κ2) is 12.7. The third-order valence-corrected chi connectivity index (χ3v) is 10.7.